The van der Waals surface area contributed by atoms with Crippen LogP contribution in [0.5, 0.6) is 5.75 Å². The predicted octanol–water partition coefficient (Wildman–Crippen LogP) is 3.00. The molecule has 0 aromatic heterocycles. The molecular formula is C10H13FO. The summed E-state index contributed by atoms with van der Waals surface area (Å²) in [5.41, 5.74) is 0. The van der Waals surface area contributed by atoms with Gasteiger partial charge in [0.1, 0.15) is 0 Å². The highest BCUT2D eigenvalue weighted by atomic mass is 19.1. The number of para-hydroxylation sites is 1. The van der Waals surface area contributed by atoms with E-state index in [4.69, 9.17) is 4.74 Å². The van der Waals surface area contributed by atoms with Gasteiger partial charge >= 0.3 is 0 Å². The standard InChI is InChI=1S/C10H13FO/c1-3-8(2)12-10-7-5-4-6-9(10)11/h4-8H,3H2,1-2H3. The lowest BCUT2D eigenvalue weighted by Gasteiger charge is -2.12. The third-order valence-corrected chi connectivity index (χ3v) is 1.74. The molecule has 0 spiro atoms. The fourth-order valence-corrected chi connectivity index (χ4v) is 0.840. The highest BCUT2D eigenvalue weighted by molar-refractivity contribution is 5.23. The van der Waals surface area contributed by atoms with Gasteiger partial charge in [-0.1, -0.05) is 19.1 Å². The van der Waals surface area contributed by atoms with E-state index in [9.17, 15) is 4.39 Å². The molecule has 0 amide bonds. The Balaban J connectivity index is 2.69. The van der Waals surface area contributed by atoms with Gasteiger partial charge in [0.2, 0.25) is 0 Å². The Kier molecular flexibility index (Phi) is 3.09. The van der Waals surface area contributed by atoms with E-state index in [0.717, 1.165) is 6.42 Å². The first-order valence-corrected chi connectivity index (χ1v) is 4.15. The van der Waals surface area contributed by atoms with Crippen LogP contribution in [0.1, 0.15) is 20.3 Å². The van der Waals surface area contributed by atoms with Crippen LogP contribution in [-0.2, 0) is 0 Å². The van der Waals surface area contributed by atoms with E-state index in [1.165, 1.54) is 6.07 Å². The Bertz CT molecular complexity index is 247. The second-order valence-electron chi connectivity index (χ2n) is 2.77. The maximum absolute atomic E-state index is 13.0. The molecule has 1 unspecified atom stereocenters. The van der Waals surface area contributed by atoms with Crippen LogP contribution in [0, 0.1) is 5.82 Å². The smallest absolute Gasteiger partial charge is 0.165 e. The van der Waals surface area contributed by atoms with E-state index in [-0.39, 0.29) is 11.9 Å². The molecule has 1 aromatic carbocycles. The molecule has 1 aromatic rings. The van der Waals surface area contributed by atoms with Crippen LogP contribution in [0.3, 0.4) is 0 Å². The van der Waals surface area contributed by atoms with Crippen molar-refractivity contribution in [3.63, 3.8) is 0 Å². The lowest BCUT2D eigenvalue weighted by Crippen LogP contribution is -2.10. The number of hydrogen-bond acceptors (Lipinski definition) is 1. The summed E-state index contributed by atoms with van der Waals surface area (Å²) in [6.45, 7) is 3.93. The Morgan fingerprint density at radius 2 is 2.08 bits per heavy atom. The van der Waals surface area contributed by atoms with Crippen molar-refractivity contribution in [2.24, 2.45) is 0 Å². The summed E-state index contributed by atoms with van der Waals surface area (Å²) in [5, 5.41) is 0. The van der Waals surface area contributed by atoms with E-state index in [1.54, 1.807) is 18.2 Å². The molecule has 0 saturated heterocycles. The largest absolute Gasteiger partial charge is 0.488 e. The summed E-state index contributed by atoms with van der Waals surface area (Å²) in [4.78, 5) is 0. The second-order valence-corrected chi connectivity index (χ2v) is 2.77. The molecule has 0 N–H and O–H groups in total. The normalized spacial score (nSPS) is 12.6. The predicted molar refractivity (Wildman–Crippen MR) is 46.8 cm³/mol. The molecule has 0 aliphatic carbocycles. The summed E-state index contributed by atoms with van der Waals surface area (Å²) >= 11 is 0. The number of benzene rings is 1. The maximum Gasteiger partial charge on any atom is 0.165 e. The average molecular weight is 168 g/mol. The molecule has 1 rings (SSSR count). The van der Waals surface area contributed by atoms with Crippen molar-refractivity contribution < 1.29 is 9.13 Å². The molecule has 1 atom stereocenters. The van der Waals surface area contributed by atoms with Gasteiger partial charge in [-0.25, -0.2) is 4.39 Å². The summed E-state index contributed by atoms with van der Waals surface area (Å²) in [5.74, 6) is 0.0460. The van der Waals surface area contributed by atoms with Gasteiger partial charge in [0, 0.05) is 0 Å². The van der Waals surface area contributed by atoms with E-state index >= 15 is 0 Å². The van der Waals surface area contributed by atoms with Gasteiger partial charge < -0.3 is 4.74 Å². The Morgan fingerprint density at radius 1 is 1.42 bits per heavy atom. The minimum absolute atomic E-state index is 0.0712. The van der Waals surface area contributed by atoms with Gasteiger partial charge in [-0.15, -0.1) is 0 Å². The van der Waals surface area contributed by atoms with Crippen LogP contribution in [-0.4, -0.2) is 6.10 Å². The van der Waals surface area contributed by atoms with Crippen molar-refractivity contribution in [3.05, 3.63) is 30.1 Å². The monoisotopic (exact) mass is 168 g/mol. The molecule has 12 heavy (non-hydrogen) atoms. The van der Waals surface area contributed by atoms with Crippen molar-refractivity contribution >= 4 is 0 Å². The first-order valence-electron chi connectivity index (χ1n) is 4.15. The van der Waals surface area contributed by atoms with Crippen molar-refractivity contribution in [3.8, 4) is 5.75 Å². The maximum atomic E-state index is 13.0. The van der Waals surface area contributed by atoms with Crippen LogP contribution in [0.25, 0.3) is 0 Å². The molecule has 1 nitrogen and oxygen atoms in total. The Hall–Kier alpha value is -1.05. The summed E-state index contributed by atoms with van der Waals surface area (Å²) in [6.07, 6.45) is 0.954. The first-order chi connectivity index (χ1) is 5.74. The van der Waals surface area contributed by atoms with E-state index < -0.39 is 0 Å². The van der Waals surface area contributed by atoms with Gasteiger partial charge in [0.15, 0.2) is 11.6 Å². The minimum atomic E-state index is -0.294. The molecule has 0 aliphatic rings. The molecule has 0 aliphatic heterocycles. The second kappa shape index (κ2) is 4.10. The minimum Gasteiger partial charge on any atom is -0.488 e. The third kappa shape index (κ3) is 2.22. The average Bonchev–Trinajstić information content (AvgIpc) is 2.09. The van der Waals surface area contributed by atoms with Crippen LogP contribution in [0.15, 0.2) is 24.3 Å². The zero-order valence-electron chi connectivity index (χ0n) is 7.38. The molecule has 0 saturated carbocycles. The zero-order valence-corrected chi connectivity index (χ0v) is 7.38. The molecule has 66 valence electrons. The highest BCUT2D eigenvalue weighted by Crippen LogP contribution is 2.17. The molecule has 0 fully saturated rings. The van der Waals surface area contributed by atoms with Gasteiger partial charge in [-0.05, 0) is 25.5 Å². The van der Waals surface area contributed by atoms with Crippen molar-refractivity contribution in [2.75, 3.05) is 0 Å². The van der Waals surface area contributed by atoms with Crippen molar-refractivity contribution in [1.29, 1.82) is 0 Å². The molecule has 0 radical (unpaired) electrons. The van der Waals surface area contributed by atoms with E-state index in [2.05, 4.69) is 0 Å². The van der Waals surface area contributed by atoms with Gasteiger partial charge in [-0.2, -0.15) is 0 Å². The van der Waals surface area contributed by atoms with Gasteiger partial charge in [0.25, 0.3) is 0 Å². The Morgan fingerprint density at radius 3 is 2.67 bits per heavy atom. The quantitative estimate of drug-likeness (QED) is 0.674. The van der Waals surface area contributed by atoms with Crippen LogP contribution in [0.2, 0.25) is 0 Å². The number of ether oxygens (including phenoxy) is 1. The number of rotatable bonds is 3. The Labute approximate surface area is 72.2 Å². The molecular weight excluding hydrogens is 155 g/mol. The van der Waals surface area contributed by atoms with Gasteiger partial charge in [-0.3, -0.25) is 0 Å². The lowest BCUT2D eigenvalue weighted by atomic mass is 10.3. The van der Waals surface area contributed by atoms with Crippen molar-refractivity contribution in [1.82, 2.24) is 0 Å². The highest BCUT2D eigenvalue weighted by Gasteiger charge is 2.04. The van der Waals surface area contributed by atoms with Crippen LogP contribution in [0.4, 0.5) is 4.39 Å². The van der Waals surface area contributed by atoms with Crippen molar-refractivity contribution in [2.45, 2.75) is 26.4 Å². The molecule has 2 heteroatoms. The molecule has 0 heterocycles. The number of hydrogen-bond donors (Lipinski definition) is 0. The SMILES string of the molecule is CCC(C)Oc1ccccc1F. The summed E-state index contributed by atoms with van der Waals surface area (Å²) in [6, 6.07) is 6.46. The zero-order chi connectivity index (χ0) is 8.97. The summed E-state index contributed by atoms with van der Waals surface area (Å²) < 4.78 is 18.3. The summed E-state index contributed by atoms with van der Waals surface area (Å²) in [7, 11) is 0. The first kappa shape index (κ1) is 9.04. The topological polar surface area (TPSA) is 9.23 Å². The van der Waals surface area contributed by atoms with E-state index in [1.807, 2.05) is 13.8 Å². The molecule has 0 bridgehead atoms. The van der Waals surface area contributed by atoms with Crippen LogP contribution >= 0.6 is 0 Å². The lowest BCUT2D eigenvalue weighted by molar-refractivity contribution is 0.208. The number of halogens is 1. The van der Waals surface area contributed by atoms with E-state index in [0.29, 0.717) is 5.75 Å². The fourth-order valence-electron chi connectivity index (χ4n) is 0.840. The van der Waals surface area contributed by atoms with Gasteiger partial charge in [0.05, 0.1) is 6.10 Å². The van der Waals surface area contributed by atoms with Crippen LogP contribution < -0.4 is 4.74 Å². The third-order valence-electron chi connectivity index (χ3n) is 1.74. The fraction of sp³-hybridized carbons (Fsp3) is 0.400.